The van der Waals surface area contributed by atoms with E-state index in [-0.39, 0.29) is 17.1 Å². The van der Waals surface area contributed by atoms with Crippen molar-refractivity contribution >= 4 is 17.3 Å². The molecule has 6 heteroatoms. The molecule has 20 heavy (non-hydrogen) atoms. The van der Waals surface area contributed by atoms with Gasteiger partial charge < -0.3 is 5.11 Å². The van der Waals surface area contributed by atoms with E-state index in [1.54, 1.807) is 12.1 Å². The van der Waals surface area contributed by atoms with Crippen LogP contribution in [0.4, 0.5) is 10.1 Å². The predicted molar refractivity (Wildman–Crippen MR) is 73.2 cm³/mol. The smallest absolute Gasteiger partial charge is 0.269 e. The molecule has 0 heterocycles. The monoisotopic (exact) mass is 295 g/mol. The van der Waals surface area contributed by atoms with Gasteiger partial charge in [-0.3, -0.25) is 10.1 Å². The molecule has 0 aliphatic rings. The predicted octanol–water partition coefficient (Wildman–Crippen LogP) is 3.66. The van der Waals surface area contributed by atoms with Gasteiger partial charge in [0.25, 0.3) is 5.69 Å². The highest BCUT2D eigenvalue weighted by Gasteiger charge is 2.14. The van der Waals surface area contributed by atoms with Gasteiger partial charge in [0.05, 0.1) is 11.0 Å². The Hall–Kier alpha value is -1.98. The van der Waals surface area contributed by atoms with Crippen LogP contribution in [0.5, 0.6) is 0 Å². The second kappa shape index (κ2) is 5.98. The first-order valence-corrected chi connectivity index (χ1v) is 6.21. The number of hydrogen-bond donors (Lipinski definition) is 1. The van der Waals surface area contributed by atoms with Crippen molar-refractivity contribution in [1.82, 2.24) is 0 Å². The van der Waals surface area contributed by atoms with Crippen molar-refractivity contribution < 1.29 is 14.4 Å². The van der Waals surface area contributed by atoms with Gasteiger partial charge in [0.1, 0.15) is 5.82 Å². The average Bonchev–Trinajstić information content (AvgIpc) is 2.39. The van der Waals surface area contributed by atoms with E-state index in [2.05, 4.69) is 0 Å². The summed E-state index contributed by atoms with van der Waals surface area (Å²) in [7, 11) is 0. The molecular weight excluding hydrogens is 285 g/mol. The minimum Gasteiger partial charge on any atom is -0.388 e. The molecule has 0 amide bonds. The molecule has 0 aromatic heterocycles. The summed E-state index contributed by atoms with van der Waals surface area (Å²) in [5.41, 5.74) is 1.14. The second-order valence-corrected chi connectivity index (χ2v) is 4.72. The molecule has 0 fully saturated rings. The van der Waals surface area contributed by atoms with Crippen molar-refractivity contribution in [2.45, 2.75) is 12.5 Å². The molecule has 0 saturated heterocycles. The Labute approximate surface area is 119 Å². The lowest BCUT2D eigenvalue weighted by Crippen LogP contribution is -2.03. The van der Waals surface area contributed by atoms with Crippen LogP contribution >= 0.6 is 11.6 Å². The van der Waals surface area contributed by atoms with Crippen LogP contribution < -0.4 is 0 Å². The van der Waals surface area contributed by atoms with Gasteiger partial charge in [-0.25, -0.2) is 4.39 Å². The number of aliphatic hydroxyl groups is 1. The molecule has 4 nitrogen and oxygen atoms in total. The maximum Gasteiger partial charge on any atom is 0.269 e. The number of halogens is 2. The lowest BCUT2D eigenvalue weighted by molar-refractivity contribution is -0.384. The summed E-state index contributed by atoms with van der Waals surface area (Å²) in [5, 5.41) is 20.8. The number of aliphatic hydroxyl groups excluding tert-OH is 1. The fraction of sp³-hybridized carbons (Fsp3) is 0.143. The van der Waals surface area contributed by atoms with Crippen molar-refractivity contribution in [1.29, 1.82) is 0 Å². The van der Waals surface area contributed by atoms with Crippen molar-refractivity contribution in [2.75, 3.05) is 0 Å². The first-order valence-electron chi connectivity index (χ1n) is 5.83. The van der Waals surface area contributed by atoms with Crippen molar-refractivity contribution in [3.63, 3.8) is 0 Å². The van der Waals surface area contributed by atoms with Crippen LogP contribution in [0.3, 0.4) is 0 Å². The lowest BCUT2D eigenvalue weighted by atomic mass is 10.0. The zero-order valence-electron chi connectivity index (χ0n) is 10.3. The number of nitro benzene ring substituents is 1. The quantitative estimate of drug-likeness (QED) is 0.691. The van der Waals surface area contributed by atoms with Crippen molar-refractivity contribution in [3.05, 3.63) is 74.5 Å². The summed E-state index contributed by atoms with van der Waals surface area (Å²) >= 11 is 5.87. The molecule has 0 aliphatic carbocycles. The normalized spacial score (nSPS) is 12.2. The molecule has 2 aromatic carbocycles. The number of rotatable bonds is 4. The minimum atomic E-state index is -0.899. The Morgan fingerprint density at radius 2 is 1.90 bits per heavy atom. The summed E-state index contributed by atoms with van der Waals surface area (Å²) in [6.45, 7) is 0. The summed E-state index contributed by atoms with van der Waals surface area (Å²) in [6.07, 6.45) is -0.659. The summed E-state index contributed by atoms with van der Waals surface area (Å²) in [4.78, 5) is 10.0. The topological polar surface area (TPSA) is 63.4 Å². The Balaban J connectivity index is 2.14. The summed E-state index contributed by atoms with van der Waals surface area (Å²) < 4.78 is 12.9. The number of benzene rings is 2. The molecule has 0 bridgehead atoms. The van der Waals surface area contributed by atoms with Gasteiger partial charge in [0, 0.05) is 23.6 Å². The van der Waals surface area contributed by atoms with E-state index in [1.165, 1.54) is 24.3 Å². The van der Waals surface area contributed by atoms with Crippen molar-refractivity contribution in [3.8, 4) is 0 Å². The van der Waals surface area contributed by atoms with E-state index < -0.39 is 16.8 Å². The molecule has 1 unspecified atom stereocenters. The fourth-order valence-corrected chi connectivity index (χ4v) is 2.15. The van der Waals surface area contributed by atoms with E-state index >= 15 is 0 Å². The van der Waals surface area contributed by atoms with Gasteiger partial charge in [0.2, 0.25) is 0 Å². The summed E-state index contributed by atoms with van der Waals surface area (Å²) in [5.74, 6) is -0.471. The highest BCUT2D eigenvalue weighted by molar-refractivity contribution is 6.31. The third-order valence-corrected chi connectivity index (χ3v) is 3.23. The maximum atomic E-state index is 12.9. The number of nitro groups is 1. The number of non-ortho nitro benzene ring substituents is 1. The third kappa shape index (κ3) is 3.31. The van der Waals surface area contributed by atoms with Crippen LogP contribution in [0.2, 0.25) is 5.02 Å². The van der Waals surface area contributed by atoms with Gasteiger partial charge in [0.15, 0.2) is 0 Å². The van der Waals surface area contributed by atoms with Crippen LogP contribution in [0.1, 0.15) is 17.2 Å². The molecule has 104 valence electrons. The van der Waals surface area contributed by atoms with Gasteiger partial charge in [-0.05, 0) is 23.3 Å². The van der Waals surface area contributed by atoms with Gasteiger partial charge >= 0.3 is 0 Å². The standard InChI is InChI=1S/C14H11ClFNO3/c15-13-8-10(16)3-6-12(13)14(18)7-9-1-4-11(5-2-9)17(19)20/h1-6,8,14,18H,7H2. The average molecular weight is 296 g/mol. The molecular formula is C14H11ClFNO3. The maximum absolute atomic E-state index is 12.9. The van der Waals surface area contributed by atoms with Crippen LogP contribution in [-0.4, -0.2) is 10.0 Å². The molecule has 0 aliphatic heterocycles. The Kier molecular flexibility index (Phi) is 4.32. The zero-order chi connectivity index (χ0) is 14.7. The zero-order valence-corrected chi connectivity index (χ0v) is 11.0. The first kappa shape index (κ1) is 14.4. The third-order valence-electron chi connectivity index (χ3n) is 2.90. The minimum absolute atomic E-state index is 0.0111. The van der Waals surface area contributed by atoms with E-state index in [4.69, 9.17) is 11.6 Å². The number of nitrogens with zero attached hydrogens (tertiary/aromatic N) is 1. The molecule has 2 aromatic rings. The van der Waals surface area contributed by atoms with E-state index in [0.717, 1.165) is 11.6 Å². The molecule has 1 atom stereocenters. The Morgan fingerprint density at radius 3 is 2.45 bits per heavy atom. The molecule has 0 radical (unpaired) electrons. The van der Waals surface area contributed by atoms with E-state index in [9.17, 15) is 19.6 Å². The number of hydrogen-bond acceptors (Lipinski definition) is 3. The molecule has 0 spiro atoms. The van der Waals surface area contributed by atoms with Crippen LogP contribution in [-0.2, 0) is 6.42 Å². The fourth-order valence-electron chi connectivity index (χ4n) is 1.86. The Bertz CT molecular complexity index is 631. The highest BCUT2D eigenvalue weighted by Crippen LogP contribution is 2.27. The second-order valence-electron chi connectivity index (χ2n) is 4.31. The molecule has 1 N–H and O–H groups in total. The van der Waals surface area contributed by atoms with Crippen LogP contribution in [0, 0.1) is 15.9 Å². The van der Waals surface area contributed by atoms with Crippen LogP contribution in [0.15, 0.2) is 42.5 Å². The van der Waals surface area contributed by atoms with Gasteiger partial charge in [-0.2, -0.15) is 0 Å². The van der Waals surface area contributed by atoms with Gasteiger partial charge in [-0.15, -0.1) is 0 Å². The van der Waals surface area contributed by atoms with E-state index in [0.29, 0.717) is 5.56 Å². The van der Waals surface area contributed by atoms with E-state index in [1.807, 2.05) is 0 Å². The SMILES string of the molecule is O=[N+]([O-])c1ccc(CC(O)c2ccc(F)cc2Cl)cc1. The Morgan fingerprint density at radius 1 is 1.25 bits per heavy atom. The van der Waals surface area contributed by atoms with Crippen LogP contribution in [0.25, 0.3) is 0 Å². The molecule has 0 saturated carbocycles. The molecule has 2 rings (SSSR count). The first-order chi connectivity index (χ1) is 9.47. The van der Waals surface area contributed by atoms with Crippen molar-refractivity contribution in [2.24, 2.45) is 0 Å². The highest BCUT2D eigenvalue weighted by atomic mass is 35.5. The summed E-state index contributed by atoms with van der Waals surface area (Å²) in [6, 6.07) is 9.66. The largest absolute Gasteiger partial charge is 0.388 e. The lowest BCUT2D eigenvalue weighted by Gasteiger charge is -2.12. The van der Waals surface area contributed by atoms with Gasteiger partial charge in [-0.1, -0.05) is 29.8 Å².